The Hall–Kier alpha value is -3.06. The van der Waals surface area contributed by atoms with Crippen molar-refractivity contribution in [2.45, 2.75) is 32.6 Å². The first kappa shape index (κ1) is 22.6. The van der Waals surface area contributed by atoms with E-state index in [4.69, 9.17) is 11.6 Å². The molecule has 3 rings (SSSR count). The fourth-order valence-corrected chi connectivity index (χ4v) is 3.63. The van der Waals surface area contributed by atoms with Crippen molar-refractivity contribution in [2.24, 2.45) is 4.99 Å². The van der Waals surface area contributed by atoms with Gasteiger partial charge >= 0.3 is 0 Å². The van der Waals surface area contributed by atoms with Crippen LogP contribution in [0.25, 0.3) is 0 Å². The van der Waals surface area contributed by atoms with Gasteiger partial charge in [-0.05, 0) is 43.2 Å². The van der Waals surface area contributed by atoms with E-state index in [1.165, 1.54) is 0 Å². The van der Waals surface area contributed by atoms with Crippen LogP contribution in [0.15, 0.2) is 47.5 Å². The molecule has 1 unspecified atom stereocenters. The topological polar surface area (TPSA) is 94.6 Å². The lowest BCUT2D eigenvalue weighted by Gasteiger charge is -2.24. The minimum atomic E-state index is -0.105. The third kappa shape index (κ3) is 6.21. The van der Waals surface area contributed by atoms with Crippen molar-refractivity contribution >= 4 is 40.7 Å². The summed E-state index contributed by atoms with van der Waals surface area (Å²) in [5.74, 6) is 0.545. The maximum absolute atomic E-state index is 12.3. The van der Waals surface area contributed by atoms with Crippen LogP contribution in [0.5, 0.6) is 0 Å². The standard InChI is InChI=1S/C23H28ClN5O2/c1-3-25-23(26-12-11-21(30)28-19-10-6-8-18(24)15(19)2)27-14-16-13-22(31)29-20-9-5-4-7-17(16)20/h4-10,16H,3,11-14H2,1-2H3,(H,28,30)(H,29,31)(H2,25,26,27). The van der Waals surface area contributed by atoms with Crippen LogP contribution in [0.4, 0.5) is 11.4 Å². The second-order valence-electron chi connectivity index (χ2n) is 7.39. The first-order chi connectivity index (χ1) is 15.0. The number of nitrogens with one attached hydrogen (secondary N) is 4. The Morgan fingerprint density at radius 1 is 1.19 bits per heavy atom. The fourth-order valence-electron chi connectivity index (χ4n) is 3.46. The van der Waals surface area contributed by atoms with Gasteiger partial charge in [-0.3, -0.25) is 14.6 Å². The summed E-state index contributed by atoms with van der Waals surface area (Å²) in [7, 11) is 0. The Labute approximate surface area is 187 Å². The molecule has 2 aromatic carbocycles. The maximum atomic E-state index is 12.3. The van der Waals surface area contributed by atoms with Gasteiger partial charge < -0.3 is 21.3 Å². The summed E-state index contributed by atoms with van der Waals surface area (Å²) in [4.78, 5) is 28.9. The highest BCUT2D eigenvalue weighted by atomic mass is 35.5. The molecule has 0 saturated carbocycles. The van der Waals surface area contributed by atoms with Gasteiger partial charge in [0.1, 0.15) is 0 Å². The highest BCUT2D eigenvalue weighted by molar-refractivity contribution is 6.31. The van der Waals surface area contributed by atoms with Gasteiger partial charge in [-0.1, -0.05) is 35.9 Å². The summed E-state index contributed by atoms with van der Waals surface area (Å²) in [6, 6.07) is 13.2. The van der Waals surface area contributed by atoms with Gasteiger partial charge in [0.25, 0.3) is 0 Å². The van der Waals surface area contributed by atoms with Crippen LogP contribution in [0, 0.1) is 6.92 Å². The third-order valence-electron chi connectivity index (χ3n) is 5.11. The van der Waals surface area contributed by atoms with E-state index in [-0.39, 0.29) is 24.2 Å². The van der Waals surface area contributed by atoms with Gasteiger partial charge in [0.05, 0.1) is 6.54 Å². The molecule has 2 amide bonds. The number of amides is 2. The molecule has 0 bridgehead atoms. The molecule has 1 aliphatic heterocycles. The molecular weight excluding hydrogens is 414 g/mol. The first-order valence-corrected chi connectivity index (χ1v) is 10.8. The number of carbonyl (C=O) groups excluding carboxylic acids is 2. The van der Waals surface area contributed by atoms with Crippen LogP contribution in [0.3, 0.4) is 0 Å². The number of rotatable bonds is 7. The Bertz CT molecular complexity index is 976. The number of nitrogens with zero attached hydrogens (tertiary/aromatic N) is 1. The Kier molecular flexibility index (Phi) is 7.89. The van der Waals surface area contributed by atoms with Gasteiger partial charge in [-0.15, -0.1) is 0 Å². The summed E-state index contributed by atoms with van der Waals surface area (Å²) in [5.41, 5.74) is 3.51. The molecule has 0 spiro atoms. The molecule has 0 aliphatic carbocycles. The molecule has 31 heavy (non-hydrogen) atoms. The average molecular weight is 442 g/mol. The molecule has 0 aromatic heterocycles. The summed E-state index contributed by atoms with van der Waals surface area (Å²) in [6.07, 6.45) is 0.687. The number of aliphatic imine (C=N–C) groups is 1. The van der Waals surface area contributed by atoms with Gasteiger partial charge in [-0.2, -0.15) is 0 Å². The van der Waals surface area contributed by atoms with E-state index in [1.54, 1.807) is 6.07 Å². The molecule has 2 aromatic rings. The lowest BCUT2D eigenvalue weighted by atomic mass is 9.91. The number of anilines is 2. The zero-order valence-corrected chi connectivity index (χ0v) is 18.6. The van der Waals surface area contributed by atoms with Crippen LogP contribution in [-0.4, -0.2) is 37.4 Å². The second-order valence-corrected chi connectivity index (χ2v) is 7.80. The van der Waals surface area contributed by atoms with Gasteiger partial charge in [0.15, 0.2) is 5.96 Å². The average Bonchev–Trinajstić information content (AvgIpc) is 2.75. The lowest BCUT2D eigenvalue weighted by molar-refractivity contribution is -0.117. The van der Waals surface area contributed by atoms with E-state index in [0.29, 0.717) is 42.7 Å². The summed E-state index contributed by atoms with van der Waals surface area (Å²) in [6.45, 7) is 5.46. The summed E-state index contributed by atoms with van der Waals surface area (Å²) >= 11 is 6.10. The molecule has 7 nitrogen and oxygen atoms in total. The normalized spacial score (nSPS) is 15.6. The molecule has 8 heteroatoms. The predicted octanol–water partition coefficient (Wildman–Crippen LogP) is 3.66. The molecular formula is C23H28ClN5O2. The van der Waals surface area contributed by atoms with Crippen molar-refractivity contribution in [3.63, 3.8) is 0 Å². The molecule has 1 aliphatic rings. The van der Waals surface area contributed by atoms with E-state index in [0.717, 1.165) is 16.8 Å². The number of hydrogen-bond donors (Lipinski definition) is 4. The predicted molar refractivity (Wildman–Crippen MR) is 126 cm³/mol. The summed E-state index contributed by atoms with van der Waals surface area (Å²) in [5, 5.41) is 12.8. The van der Waals surface area contributed by atoms with Crippen LogP contribution < -0.4 is 21.3 Å². The number of fused-ring (bicyclic) bond motifs is 1. The molecule has 0 radical (unpaired) electrons. The number of guanidine groups is 1. The fraction of sp³-hybridized carbons (Fsp3) is 0.348. The number of halogens is 1. The van der Waals surface area contributed by atoms with Gasteiger partial charge in [-0.25, -0.2) is 0 Å². The van der Waals surface area contributed by atoms with Gasteiger partial charge in [0, 0.05) is 48.2 Å². The Balaban J connectivity index is 1.55. The molecule has 4 N–H and O–H groups in total. The smallest absolute Gasteiger partial charge is 0.226 e. The van der Waals surface area contributed by atoms with Crippen LogP contribution >= 0.6 is 11.6 Å². The van der Waals surface area contributed by atoms with Crippen molar-refractivity contribution in [2.75, 3.05) is 30.3 Å². The number of carbonyl (C=O) groups is 2. The zero-order chi connectivity index (χ0) is 22.2. The van der Waals surface area contributed by atoms with E-state index < -0.39 is 0 Å². The molecule has 164 valence electrons. The number of benzene rings is 2. The van der Waals surface area contributed by atoms with Crippen molar-refractivity contribution in [3.8, 4) is 0 Å². The van der Waals surface area contributed by atoms with Crippen LogP contribution in [0.2, 0.25) is 5.02 Å². The quantitative estimate of drug-likeness (QED) is 0.389. The Morgan fingerprint density at radius 3 is 2.81 bits per heavy atom. The minimum Gasteiger partial charge on any atom is -0.357 e. The SMILES string of the molecule is CCNC(=NCC1CC(=O)Nc2ccccc21)NCCC(=O)Nc1cccc(Cl)c1C. The zero-order valence-electron chi connectivity index (χ0n) is 17.8. The van der Waals surface area contributed by atoms with E-state index in [9.17, 15) is 9.59 Å². The largest absolute Gasteiger partial charge is 0.357 e. The summed E-state index contributed by atoms with van der Waals surface area (Å²) < 4.78 is 0. The molecule has 1 atom stereocenters. The monoisotopic (exact) mass is 441 g/mol. The van der Waals surface area contributed by atoms with Crippen molar-refractivity contribution in [1.82, 2.24) is 10.6 Å². The molecule has 0 saturated heterocycles. The van der Waals surface area contributed by atoms with E-state index >= 15 is 0 Å². The first-order valence-electron chi connectivity index (χ1n) is 10.4. The molecule has 0 fully saturated rings. The second kappa shape index (κ2) is 10.8. The number of para-hydroxylation sites is 1. The van der Waals surface area contributed by atoms with E-state index in [1.807, 2.05) is 50.2 Å². The van der Waals surface area contributed by atoms with Crippen LogP contribution in [0.1, 0.15) is 36.8 Å². The van der Waals surface area contributed by atoms with Crippen molar-refractivity contribution in [1.29, 1.82) is 0 Å². The maximum Gasteiger partial charge on any atom is 0.226 e. The van der Waals surface area contributed by atoms with Crippen molar-refractivity contribution in [3.05, 3.63) is 58.6 Å². The highest BCUT2D eigenvalue weighted by Gasteiger charge is 2.24. The third-order valence-corrected chi connectivity index (χ3v) is 5.52. The van der Waals surface area contributed by atoms with E-state index in [2.05, 4.69) is 26.3 Å². The molecule has 1 heterocycles. The van der Waals surface area contributed by atoms with Crippen LogP contribution in [-0.2, 0) is 9.59 Å². The lowest BCUT2D eigenvalue weighted by Crippen LogP contribution is -2.39. The highest BCUT2D eigenvalue weighted by Crippen LogP contribution is 2.32. The number of hydrogen-bond acceptors (Lipinski definition) is 3. The minimum absolute atomic E-state index is 0.00448. The van der Waals surface area contributed by atoms with Crippen molar-refractivity contribution < 1.29 is 9.59 Å². The van der Waals surface area contributed by atoms with Gasteiger partial charge in [0.2, 0.25) is 11.8 Å². The Morgan fingerprint density at radius 2 is 2.00 bits per heavy atom.